The molecule has 0 aliphatic carbocycles. The predicted octanol–water partition coefficient (Wildman–Crippen LogP) is 1.53. The normalized spacial score (nSPS) is 21.3. The van der Waals surface area contributed by atoms with Crippen LogP contribution < -0.4 is 5.32 Å². The molecule has 0 bridgehead atoms. The zero-order valence-corrected chi connectivity index (χ0v) is 12.4. The van der Waals surface area contributed by atoms with Crippen molar-refractivity contribution < 1.29 is 12.8 Å². The molecule has 1 aromatic heterocycles. The van der Waals surface area contributed by atoms with Crippen LogP contribution in [-0.2, 0) is 16.9 Å². The lowest BCUT2D eigenvalue weighted by Gasteiger charge is -2.32. The monoisotopic (exact) mass is 309 g/mol. The van der Waals surface area contributed by atoms with Gasteiger partial charge in [0.1, 0.15) is 4.90 Å². The maximum Gasteiger partial charge on any atom is 0.217 e. The van der Waals surface area contributed by atoms with E-state index in [9.17, 15) is 12.8 Å². The number of piperidine rings is 1. The minimum Gasteiger partial charge on any atom is -0.317 e. The Hall–Kier alpha value is -0.660. The van der Waals surface area contributed by atoms with E-state index < -0.39 is 20.8 Å². The molecule has 1 unspecified atom stereocenters. The van der Waals surface area contributed by atoms with E-state index in [2.05, 4.69) is 10.4 Å². The van der Waals surface area contributed by atoms with Gasteiger partial charge >= 0.3 is 0 Å². The summed E-state index contributed by atoms with van der Waals surface area (Å²) in [6, 6.07) is 0. The molecule has 1 aliphatic rings. The molecule has 19 heavy (non-hydrogen) atoms. The molecule has 0 aromatic carbocycles. The highest BCUT2D eigenvalue weighted by molar-refractivity contribution is 7.92. The average molecular weight is 310 g/mol. The second-order valence-corrected chi connectivity index (χ2v) is 7.57. The summed E-state index contributed by atoms with van der Waals surface area (Å²) in [7, 11) is -2.61. The Labute approximate surface area is 117 Å². The molecule has 1 aromatic rings. The van der Waals surface area contributed by atoms with Gasteiger partial charge in [-0.2, -0.15) is 5.10 Å². The molecule has 1 aliphatic heterocycles. The molecule has 2 rings (SSSR count). The van der Waals surface area contributed by atoms with Crippen LogP contribution in [0.2, 0.25) is 5.15 Å². The van der Waals surface area contributed by atoms with Crippen molar-refractivity contribution in [3.63, 3.8) is 0 Å². The topological polar surface area (TPSA) is 64.0 Å². The summed E-state index contributed by atoms with van der Waals surface area (Å²) in [6.07, 6.45) is 2.23. The zero-order valence-electron chi connectivity index (χ0n) is 10.9. The summed E-state index contributed by atoms with van der Waals surface area (Å²) in [6.45, 7) is 2.38. The van der Waals surface area contributed by atoms with Gasteiger partial charge in [0.15, 0.2) is 5.15 Å². The van der Waals surface area contributed by atoms with E-state index in [0.717, 1.165) is 6.92 Å². The Morgan fingerprint density at radius 1 is 1.53 bits per heavy atom. The minimum atomic E-state index is -4.16. The first-order chi connectivity index (χ1) is 8.76. The van der Waals surface area contributed by atoms with Gasteiger partial charge in [-0.3, -0.25) is 4.68 Å². The largest absolute Gasteiger partial charge is 0.317 e. The third-order valence-electron chi connectivity index (χ3n) is 3.64. The van der Waals surface area contributed by atoms with Gasteiger partial charge in [-0.05, 0) is 32.9 Å². The van der Waals surface area contributed by atoms with Crippen molar-refractivity contribution in [1.29, 1.82) is 0 Å². The fourth-order valence-electron chi connectivity index (χ4n) is 2.39. The first kappa shape index (κ1) is 14.7. The summed E-state index contributed by atoms with van der Waals surface area (Å²) < 4.78 is 41.1. The molecule has 8 heteroatoms. The van der Waals surface area contributed by atoms with Crippen molar-refractivity contribution in [3.8, 4) is 0 Å². The van der Waals surface area contributed by atoms with Gasteiger partial charge in [-0.15, -0.1) is 0 Å². The van der Waals surface area contributed by atoms with E-state index in [1.165, 1.54) is 10.9 Å². The summed E-state index contributed by atoms with van der Waals surface area (Å²) in [5, 5.41) is 4.34. The molecule has 5 nitrogen and oxygen atoms in total. The van der Waals surface area contributed by atoms with Gasteiger partial charge < -0.3 is 5.32 Å². The summed E-state index contributed by atoms with van der Waals surface area (Å²) in [5.74, 6) is -0.532. The van der Waals surface area contributed by atoms with Crippen LogP contribution in [-0.4, -0.2) is 36.3 Å². The SMILES string of the molecule is Cn1cc(S(=O)(=O)C(C)(F)C2CCNCC2)c(Cl)n1. The first-order valence-corrected chi connectivity index (χ1v) is 7.96. The molecule has 0 spiro atoms. The second kappa shape index (κ2) is 5.03. The quantitative estimate of drug-likeness (QED) is 0.920. The van der Waals surface area contributed by atoms with Crippen LogP contribution >= 0.6 is 11.6 Å². The number of hydrogen-bond acceptors (Lipinski definition) is 4. The Bertz CT molecular complexity index is 564. The van der Waals surface area contributed by atoms with E-state index in [1.54, 1.807) is 7.05 Å². The van der Waals surface area contributed by atoms with Crippen molar-refractivity contribution in [3.05, 3.63) is 11.3 Å². The maximum atomic E-state index is 14.9. The average Bonchev–Trinajstić information content (AvgIpc) is 2.70. The highest BCUT2D eigenvalue weighted by atomic mass is 35.5. The molecular weight excluding hydrogens is 293 g/mol. The maximum absolute atomic E-state index is 14.9. The Kier molecular flexibility index (Phi) is 3.90. The van der Waals surface area contributed by atoms with Crippen molar-refractivity contribution in [2.75, 3.05) is 13.1 Å². The van der Waals surface area contributed by atoms with Crippen LogP contribution in [0, 0.1) is 5.92 Å². The minimum absolute atomic E-state index is 0.180. The molecule has 2 heterocycles. The number of sulfone groups is 1. The van der Waals surface area contributed by atoms with E-state index in [-0.39, 0.29) is 10.0 Å². The molecule has 0 amide bonds. The summed E-state index contributed by atoms with van der Waals surface area (Å²) >= 11 is 5.78. The standard InChI is InChI=1S/C11H17ClFN3O2S/c1-11(13,8-3-5-14-6-4-8)19(17,18)9-7-16(2)15-10(9)12/h7-8,14H,3-6H2,1-2H3. The Morgan fingerprint density at radius 3 is 2.58 bits per heavy atom. The predicted molar refractivity (Wildman–Crippen MR) is 70.5 cm³/mol. The molecular formula is C11H17ClFN3O2S. The van der Waals surface area contributed by atoms with Crippen LogP contribution in [0.15, 0.2) is 11.1 Å². The molecule has 108 valence electrons. The van der Waals surface area contributed by atoms with Crippen LogP contribution in [0.4, 0.5) is 4.39 Å². The number of hydrogen-bond donors (Lipinski definition) is 1. The van der Waals surface area contributed by atoms with Crippen LogP contribution in [0.3, 0.4) is 0 Å². The number of halogens is 2. The lowest BCUT2D eigenvalue weighted by molar-refractivity contribution is 0.159. The second-order valence-electron chi connectivity index (χ2n) is 4.97. The third-order valence-corrected chi connectivity index (χ3v) is 6.29. The van der Waals surface area contributed by atoms with E-state index in [4.69, 9.17) is 11.6 Å². The Balaban J connectivity index is 2.40. The van der Waals surface area contributed by atoms with E-state index in [0.29, 0.717) is 25.9 Å². The number of aryl methyl sites for hydroxylation is 1. The van der Waals surface area contributed by atoms with Crippen molar-refractivity contribution >= 4 is 21.4 Å². The molecule has 1 atom stereocenters. The first-order valence-electron chi connectivity index (χ1n) is 6.10. The molecule has 0 radical (unpaired) electrons. The zero-order chi connectivity index (χ0) is 14.3. The number of aromatic nitrogens is 2. The van der Waals surface area contributed by atoms with Gasteiger partial charge in [0, 0.05) is 19.2 Å². The Morgan fingerprint density at radius 2 is 2.11 bits per heavy atom. The lowest BCUT2D eigenvalue weighted by atomic mass is 9.93. The van der Waals surface area contributed by atoms with Crippen molar-refractivity contribution in [2.45, 2.75) is 29.7 Å². The van der Waals surface area contributed by atoms with Crippen LogP contribution in [0.5, 0.6) is 0 Å². The van der Waals surface area contributed by atoms with Gasteiger partial charge in [-0.1, -0.05) is 11.6 Å². The molecule has 1 N–H and O–H groups in total. The summed E-state index contributed by atoms with van der Waals surface area (Å²) in [5.41, 5.74) is 0. The fraction of sp³-hybridized carbons (Fsp3) is 0.727. The molecule has 1 fully saturated rings. The molecule has 1 saturated heterocycles. The van der Waals surface area contributed by atoms with Crippen molar-refractivity contribution in [2.24, 2.45) is 13.0 Å². The highest BCUT2D eigenvalue weighted by Crippen LogP contribution is 2.39. The molecule has 0 saturated carbocycles. The van der Waals surface area contributed by atoms with E-state index >= 15 is 0 Å². The van der Waals surface area contributed by atoms with Gasteiger partial charge in [0.05, 0.1) is 0 Å². The highest BCUT2D eigenvalue weighted by Gasteiger charge is 2.49. The lowest BCUT2D eigenvalue weighted by Crippen LogP contribution is -2.44. The van der Waals surface area contributed by atoms with Crippen molar-refractivity contribution in [1.82, 2.24) is 15.1 Å². The number of alkyl halides is 1. The number of rotatable bonds is 3. The van der Waals surface area contributed by atoms with Gasteiger partial charge in [0.2, 0.25) is 14.8 Å². The van der Waals surface area contributed by atoms with Gasteiger partial charge in [0.25, 0.3) is 0 Å². The fourth-order valence-corrected chi connectivity index (χ4v) is 4.52. The summed E-state index contributed by atoms with van der Waals surface area (Å²) in [4.78, 5) is -0.236. The van der Waals surface area contributed by atoms with E-state index in [1.807, 2.05) is 0 Å². The van der Waals surface area contributed by atoms with Gasteiger partial charge in [-0.25, -0.2) is 12.8 Å². The third kappa shape index (κ3) is 2.51. The van der Waals surface area contributed by atoms with Crippen LogP contribution in [0.25, 0.3) is 0 Å². The number of nitrogens with one attached hydrogen (secondary N) is 1. The van der Waals surface area contributed by atoms with Crippen LogP contribution in [0.1, 0.15) is 19.8 Å². The smallest absolute Gasteiger partial charge is 0.217 e. The number of nitrogens with zero attached hydrogens (tertiary/aromatic N) is 2.